The van der Waals surface area contributed by atoms with E-state index in [9.17, 15) is 0 Å². The van der Waals surface area contributed by atoms with Crippen LogP contribution in [-0.2, 0) is 6.54 Å². The smallest absolute Gasteiger partial charge is 0.178 e. The molecular formula is C14H11BrClN5. The van der Waals surface area contributed by atoms with Gasteiger partial charge in [-0.2, -0.15) is 5.10 Å². The van der Waals surface area contributed by atoms with Crippen molar-refractivity contribution in [2.45, 2.75) is 6.54 Å². The summed E-state index contributed by atoms with van der Waals surface area (Å²) < 4.78 is 2.51. The number of aromatic nitrogens is 4. The number of nitrogens with zero attached hydrogens (tertiary/aromatic N) is 4. The van der Waals surface area contributed by atoms with Gasteiger partial charge in [0, 0.05) is 17.2 Å². The number of benzene rings is 1. The molecule has 0 saturated heterocycles. The van der Waals surface area contributed by atoms with E-state index in [4.69, 9.17) is 11.6 Å². The predicted molar refractivity (Wildman–Crippen MR) is 85.6 cm³/mol. The molecule has 0 radical (unpaired) electrons. The Balaban J connectivity index is 1.81. The Morgan fingerprint density at radius 3 is 2.95 bits per heavy atom. The highest BCUT2D eigenvalue weighted by atomic mass is 79.9. The van der Waals surface area contributed by atoms with E-state index < -0.39 is 0 Å². The molecule has 0 aliphatic heterocycles. The van der Waals surface area contributed by atoms with Crippen molar-refractivity contribution in [1.82, 2.24) is 19.7 Å². The molecule has 1 aromatic carbocycles. The van der Waals surface area contributed by atoms with Crippen molar-refractivity contribution in [2.75, 3.05) is 5.32 Å². The molecule has 0 aliphatic carbocycles. The zero-order valence-corrected chi connectivity index (χ0v) is 13.2. The van der Waals surface area contributed by atoms with E-state index in [0.717, 1.165) is 15.7 Å². The van der Waals surface area contributed by atoms with Gasteiger partial charge in [0.15, 0.2) is 5.82 Å². The molecule has 0 unspecified atom stereocenters. The van der Waals surface area contributed by atoms with Gasteiger partial charge in [-0.05, 0) is 45.8 Å². The number of hydrogen-bond donors (Lipinski definition) is 1. The number of hydrogen-bond acceptors (Lipinski definition) is 4. The molecule has 3 rings (SSSR count). The molecule has 106 valence electrons. The maximum Gasteiger partial charge on any atom is 0.178 e. The van der Waals surface area contributed by atoms with Crippen LogP contribution in [0.2, 0.25) is 5.02 Å². The minimum atomic E-state index is 0.639. The standard InChI is InChI=1S/C14H11BrClN5/c15-11-4-3-10(6-12(11)16)7-19-13-2-1-5-18-14(13)21-9-17-8-20-21/h1-6,8-9,19H,7H2. The maximum absolute atomic E-state index is 6.10. The SMILES string of the molecule is Clc1cc(CNc2cccnc2-n2cncn2)ccc1Br. The van der Waals surface area contributed by atoms with Crippen LogP contribution < -0.4 is 5.32 Å². The Labute approximate surface area is 135 Å². The van der Waals surface area contributed by atoms with Crippen LogP contribution in [0.15, 0.2) is 53.7 Å². The van der Waals surface area contributed by atoms with Gasteiger partial charge in [-0.1, -0.05) is 17.7 Å². The van der Waals surface area contributed by atoms with Crippen molar-refractivity contribution in [2.24, 2.45) is 0 Å². The molecule has 0 bridgehead atoms. The fourth-order valence-electron chi connectivity index (χ4n) is 1.88. The normalized spacial score (nSPS) is 10.6. The van der Waals surface area contributed by atoms with E-state index >= 15 is 0 Å². The topological polar surface area (TPSA) is 55.6 Å². The number of pyridine rings is 1. The Bertz CT molecular complexity index is 745. The molecule has 0 saturated carbocycles. The molecule has 0 aliphatic rings. The molecule has 5 nitrogen and oxygen atoms in total. The summed E-state index contributed by atoms with van der Waals surface area (Å²) in [5.41, 5.74) is 1.96. The first-order valence-corrected chi connectivity index (χ1v) is 7.39. The summed E-state index contributed by atoms with van der Waals surface area (Å²) in [6, 6.07) is 9.68. The molecular weight excluding hydrogens is 354 g/mol. The summed E-state index contributed by atoms with van der Waals surface area (Å²) in [5.74, 6) is 0.707. The highest BCUT2D eigenvalue weighted by Gasteiger charge is 2.06. The van der Waals surface area contributed by atoms with Crippen LogP contribution in [0.1, 0.15) is 5.56 Å². The summed E-state index contributed by atoms with van der Waals surface area (Å²) in [7, 11) is 0. The van der Waals surface area contributed by atoms with E-state index in [0.29, 0.717) is 17.4 Å². The van der Waals surface area contributed by atoms with Gasteiger partial charge < -0.3 is 5.32 Å². The molecule has 3 aromatic rings. The third kappa shape index (κ3) is 3.22. The minimum Gasteiger partial charge on any atom is -0.378 e. The van der Waals surface area contributed by atoms with E-state index in [1.807, 2.05) is 30.3 Å². The molecule has 7 heteroatoms. The quantitative estimate of drug-likeness (QED) is 0.767. The number of rotatable bonds is 4. The first kappa shape index (κ1) is 14.0. The summed E-state index contributed by atoms with van der Waals surface area (Å²) in [4.78, 5) is 8.27. The largest absolute Gasteiger partial charge is 0.378 e. The Hall–Kier alpha value is -1.92. The van der Waals surface area contributed by atoms with Crippen LogP contribution in [0.3, 0.4) is 0 Å². The fraction of sp³-hybridized carbons (Fsp3) is 0.0714. The zero-order valence-electron chi connectivity index (χ0n) is 10.9. The van der Waals surface area contributed by atoms with Crippen molar-refractivity contribution in [3.63, 3.8) is 0 Å². The van der Waals surface area contributed by atoms with Gasteiger partial charge in [-0.3, -0.25) is 0 Å². The molecule has 2 heterocycles. The summed E-state index contributed by atoms with van der Waals surface area (Å²) in [6.07, 6.45) is 4.82. The van der Waals surface area contributed by atoms with Crippen molar-refractivity contribution in [1.29, 1.82) is 0 Å². The van der Waals surface area contributed by atoms with Gasteiger partial charge in [-0.25, -0.2) is 14.6 Å². The Morgan fingerprint density at radius 1 is 1.29 bits per heavy atom. The van der Waals surface area contributed by atoms with Gasteiger partial charge >= 0.3 is 0 Å². The van der Waals surface area contributed by atoms with Gasteiger partial charge in [0.2, 0.25) is 0 Å². The lowest BCUT2D eigenvalue weighted by molar-refractivity contribution is 0.844. The van der Waals surface area contributed by atoms with Crippen LogP contribution in [0, 0.1) is 0 Å². The molecule has 0 atom stereocenters. The van der Waals surface area contributed by atoms with Gasteiger partial charge in [0.25, 0.3) is 0 Å². The lowest BCUT2D eigenvalue weighted by atomic mass is 10.2. The van der Waals surface area contributed by atoms with Gasteiger partial charge in [0.1, 0.15) is 12.7 Å². The highest BCUT2D eigenvalue weighted by Crippen LogP contribution is 2.24. The van der Waals surface area contributed by atoms with Gasteiger partial charge in [-0.15, -0.1) is 0 Å². The van der Waals surface area contributed by atoms with Crippen molar-refractivity contribution in [3.8, 4) is 5.82 Å². The van der Waals surface area contributed by atoms with Crippen LogP contribution in [0.5, 0.6) is 0 Å². The fourth-order valence-corrected chi connectivity index (χ4v) is 2.33. The third-order valence-corrected chi connectivity index (χ3v) is 4.12. The summed E-state index contributed by atoms with van der Waals surface area (Å²) in [5, 5.41) is 8.13. The minimum absolute atomic E-state index is 0.639. The number of anilines is 1. The Kier molecular flexibility index (Phi) is 4.17. The molecule has 21 heavy (non-hydrogen) atoms. The highest BCUT2D eigenvalue weighted by molar-refractivity contribution is 9.10. The van der Waals surface area contributed by atoms with Crippen LogP contribution in [0.4, 0.5) is 5.69 Å². The lowest BCUT2D eigenvalue weighted by Gasteiger charge is -2.11. The van der Waals surface area contributed by atoms with Crippen molar-refractivity contribution >= 4 is 33.2 Å². The first-order chi connectivity index (χ1) is 10.2. The van der Waals surface area contributed by atoms with Crippen LogP contribution in [0.25, 0.3) is 5.82 Å². The van der Waals surface area contributed by atoms with Crippen LogP contribution >= 0.6 is 27.5 Å². The number of nitrogens with one attached hydrogen (secondary N) is 1. The van der Waals surface area contributed by atoms with E-state index in [2.05, 4.69) is 36.3 Å². The number of halogens is 2. The van der Waals surface area contributed by atoms with Crippen LogP contribution in [-0.4, -0.2) is 19.7 Å². The summed E-state index contributed by atoms with van der Waals surface area (Å²) >= 11 is 9.48. The average molecular weight is 365 g/mol. The predicted octanol–water partition coefficient (Wildman–Crippen LogP) is 3.69. The monoisotopic (exact) mass is 363 g/mol. The van der Waals surface area contributed by atoms with E-state index in [1.54, 1.807) is 17.2 Å². The third-order valence-electron chi connectivity index (χ3n) is 2.89. The average Bonchev–Trinajstić information content (AvgIpc) is 3.03. The second-order valence-electron chi connectivity index (χ2n) is 4.32. The summed E-state index contributed by atoms with van der Waals surface area (Å²) in [6.45, 7) is 0.639. The first-order valence-electron chi connectivity index (χ1n) is 6.22. The lowest BCUT2D eigenvalue weighted by Crippen LogP contribution is -2.06. The molecule has 1 N–H and O–H groups in total. The van der Waals surface area contributed by atoms with Crippen molar-refractivity contribution < 1.29 is 0 Å². The maximum atomic E-state index is 6.10. The molecule has 0 fully saturated rings. The van der Waals surface area contributed by atoms with Gasteiger partial charge in [0.05, 0.1) is 10.7 Å². The van der Waals surface area contributed by atoms with E-state index in [-0.39, 0.29) is 0 Å². The molecule has 0 amide bonds. The second kappa shape index (κ2) is 6.24. The molecule has 2 aromatic heterocycles. The van der Waals surface area contributed by atoms with Crippen molar-refractivity contribution in [3.05, 3.63) is 64.2 Å². The zero-order chi connectivity index (χ0) is 14.7. The van der Waals surface area contributed by atoms with E-state index in [1.165, 1.54) is 6.33 Å². The molecule has 0 spiro atoms. The Morgan fingerprint density at radius 2 is 2.19 bits per heavy atom. The second-order valence-corrected chi connectivity index (χ2v) is 5.58.